The number of hydrogen-bond donors (Lipinski definition) is 0. The molecule has 0 unspecified atom stereocenters. The highest BCUT2D eigenvalue weighted by Gasteiger charge is 2.44. The molecule has 34 heavy (non-hydrogen) atoms. The van der Waals surface area contributed by atoms with Crippen LogP contribution in [0.15, 0.2) is 41.2 Å². The molecule has 1 aliphatic heterocycles. The molecule has 1 aliphatic rings. The molecule has 0 bridgehead atoms. The van der Waals surface area contributed by atoms with Gasteiger partial charge in [-0.1, -0.05) is 12.1 Å². The largest absolute Gasteiger partial charge is 0.493 e. The molecule has 0 aliphatic carbocycles. The van der Waals surface area contributed by atoms with E-state index in [4.69, 9.17) is 9.47 Å². The molecule has 0 radical (unpaired) electrons. The third kappa shape index (κ3) is 3.32. The van der Waals surface area contributed by atoms with Crippen LogP contribution >= 0.6 is 0 Å². The van der Waals surface area contributed by atoms with E-state index in [2.05, 4.69) is 0 Å². The van der Waals surface area contributed by atoms with Gasteiger partial charge in [0.15, 0.2) is 11.5 Å². The Morgan fingerprint density at radius 2 is 1.50 bits per heavy atom. The SMILES string of the molecule is COc1cc2c(C(F)(F)F)c([N+](=O)[O-])c(=O)n(CN3C(=O)c4ccccc4C3=O)c2cc1OC. The zero-order valence-corrected chi connectivity index (χ0v) is 17.5. The van der Waals surface area contributed by atoms with Gasteiger partial charge in [0.1, 0.15) is 12.2 Å². The van der Waals surface area contributed by atoms with Crippen molar-refractivity contribution in [2.24, 2.45) is 0 Å². The number of methoxy groups -OCH3 is 2. The first-order valence-corrected chi connectivity index (χ1v) is 9.50. The Hall–Kier alpha value is -4.42. The van der Waals surface area contributed by atoms with Gasteiger partial charge < -0.3 is 9.47 Å². The highest BCUT2D eigenvalue weighted by atomic mass is 19.4. The summed E-state index contributed by atoms with van der Waals surface area (Å²) in [4.78, 5) is 49.3. The molecule has 2 heterocycles. The molecule has 2 amide bonds. The number of carbonyl (C=O) groups excluding carboxylic acids is 2. The normalized spacial score (nSPS) is 13.4. The summed E-state index contributed by atoms with van der Waals surface area (Å²) in [6.07, 6.45) is -5.28. The predicted molar refractivity (Wildman–Crippen MR) is 110 cm³/mol. The minimum atomic E-state index is -5.28. The maximum atomic E-state index is 13.9. The Kier molecular flexibility index (Phi) is 5.26. The Morgan fingerprint density at radius 1 is 0.971 bits per heavy atom. The molecule has 0 N–H and O–H groups in total. The number of aromatic nitrogens is 1. The van der Waals surface area contributed by atoms with Crippen molar-refractivity contribution in [2.75, 3.05) is 14.2 Å². The number of hydrogen-bond acceptors (Lipinski definition) is 7. The monoisotopic (exact) mass is 477 g/mol. The number of nitrogens with zero attached hydrogens (tertiary/aromatic N) is 3. The average molecular weight is 477 g/mol. The Morgan fingerprint density at radius 3 is 1.97 bits per heavy atom. The van der Waals surface area contributed by atoms with Crippen LogP contribution in [0.5, 0.6) is 11.5 Å². The van der Waals surface area contributed by atoms with E-state index in [-0.39, 0.29) is 22.6 Å². The van der Waals surface area contributed by atoms with E-state index in [0.717, 1.165) is 19.2 Å². The van der Waals surface area contributed by atoms with Crippen molar-refractivity contribution in [3.8, 4) is 11.5 Å². The molecular formula is C21H14F3N3O7. The number of amides is 2. The lowest BCUT2D eigenvalue weighted by molar-refractivity contribution is -0.389. The third-order valence-corrected chi connectivity index (χ3v) is 5.37. The molecule has 4 rings (SSSR count). The van der Waals surface area contributed by atoms with Crippen LogP contribution in [0.4, 0.5) is 18.9 Å². The number of ether oxygens (including phenoxy) is 2. The van der Waals surface area contributed by atoms with Crippen molar-refractivity contribution in [2.45, 2.75) is 12.8 Å². The quantitative estimate of drug-likeness (QED) is 0.314. The number of rotatable bonds is 5. The summed E-state index contributed by atoms with van der Waals surface area (Å²) in [5, 5.41) is 10.9. The molecule has 2 aromatic carbocycles. The topological polar surface area (TPSA) is 121 Å². The van der Waals surface area contributed by atoms with Gasteiger partial charge in [-0.05, 0) is 18.2 Å². The second-order valence-electron chi connectivity index (χ2n) is 7.16. The standard InChI is InChI=1S/C21H14F3N3O7/c1-33-14-7-12-13(8-15(14)34-2)25(20(30)17(27(31)32)16(12)21(22,23)24)9-26-18(28)10-5-3-4-6-11(10)19(26)29/h3-8H,9H2,1-2H3. The smallest absolute Gasteiger partial charge is 0.423 e. The molecule has 0 spiro atoms. The first-order valence-electron chi connectivity index (χ1n) is 9.50. The average Bonchev–Trinajstić information content (AvgIpc) is 3.03. The number of alkyl halides is 3. The number of benzene rings is 2. The van der Waals surface area contributed by atoms with Crippen LogP contribution in [0.3, 0.4) is 0 Å². The van der Waals surface area contributed by atoms with Crippen molar-refractivity contribution in [1.82, 2.24) is 9.47 Å². The van der Waals surface area contributed by atoms with E-state index < -0.39 is 57.3 Å². The second kappa shape index (κ2) is 7.86. The molecule has 3 aromatic rings. The van der Waals surface area contributed by atoms with Crippen LogP contribution < -0.4 is 15.0 Å². The fraction of sp³-hybridized carbons (Fsp3) is 0.190. The van der Waals surface area contributed by atoms with Gasteiger partial charge in [-0.2, -0.15) is 13.2 Å². The van der Waals surface area contributed by atoms with Crippen LogP contribution in [-0.4, -0.2) is 40.4 Å². The fourth-order valence-electron chi connectivity index (χ4n) is 3.87. The van der Waals surface area contributed by atoms with Crippen molar-refractivity contribution in [3.05, 3.63) is 73.6 Å². The molecule has 0 saturated heterocycles. The van der Waals surface area contributed by atoms with Crippen LogP contribution in [-0.2, 0) is 12.8 Å². The Labute approximate surface area is 187 Å². The summed E-state index contributed by atoms with van der Waals surface area (Å²) in [5.41, 5.74) is -5.55. The molecule has 13 heteroatoms. The molecular weight excluding hydrogens is 463 g/mol. The van der Waals surface area contributed by atoms with Crippen LogP contribution in [0.1, 0.15) is 26.3 Å². The summed E-state index contributed by atoms with van der Waals surface area (Å²) in [5.74, 6) is -1.86. The lowest BCUT2D eigenvalue weighted by Crippen LogP contribution is -2.37. The van der Waals surface area contributed by atoms with Crippen molar-refractivity contribution in [1.29, 1.82) is 0 Å². The summed E-state index contributed by atoms with van der Waals surface area (Å²) in [6.45, 7) is -0.865. The first-order chi connectivity index (χ1) is 16.0. The first kappa shape index (κ1) is 22.8. The van der Waals surface area contributed by atoms with E-state index in [1.165, 1.54) is 31.4 Å². The lowest BCUT2D eigenvalue weighted by atomic mass is 10.1. The minimum Gasteiger partial charge on any atom is -0.493 e. The van der Waals surface area contributed by atoms with E-state index >= 15 is 0 Å². The minimum absolute atomic E-state index is 0.0329. The van der Waals surface area contributed by atoms with Crippen LogP contribution in [0, 0.1) is 10.1 Å². The Balaban J connectivity index is 2.05. The van der Waals surface area contributed by atoms with Gasteiger partial charge in [-0.15, -0.1) is 0 Å². The van der Waals surface area contributed by atoms with Crippen LogP contribution in [0.2, 0.25) is 0 Å². The van der Waals surface area contributed by atoms with E-state index in [0.29, 0.717) is 9.47 Å². The molecule has 0 saturated carbocycles. The van der Waals surface area contributed by atoms with Gasteiger partial charge in [-0.25, -0.2) is 0 Å². The van der Waals surface area contributed by atoms with E-state index in [9.17, 15) is 37.7 Å². The van der Waals surface area contributed by atoms with Crippen molar-refractivity contribution in [3.63, 3.8) is 0 Å². The predicted octanol–water partition coefficient (Wildman–Crippen LogP) is 3.20. The number of nitro groups is 1. The van der Waals surface area contributed by atoms with Gasteiger partial charge in [0.05, 0.1) is 35.8 Å². The maximum Gasteiger partial charge on any atom is 0.423 e. The number of pyridine rings is 1. The number of imide groups is 1. The highest BCUT2D eigenvalue weighted by Crippen LogP contribution is 2.42. The summed E-state index contributed by atoms with van der Waals surface area (Å²) in [7, 11) is 2.35. The Bertz CT molecular complexity index is 1410. The van der Waals surface area contributed by atoms with Gasteiger partial charge in [0.2, 0.25) is 0 Å². The molecule has 0 fully saturated rings. The van der Waals surface area contributed by atoms with Gasteiger partial charge in [0.25, 0.3) is 11.8 Å². The van der Waals surface area contributed by atoms with Gasteiger partial charge in [0, 0.05) is 11.5 Å². The van der Waals surface area contributed by atoms with Crippen molar-refractivity contribution >= 4 is 28.4 Å². The zero-order valence-electron chi connectivity index (χ0n) is 17.5. The van der Waals surface area contributed by atoms with Gasteiger partial charge in [-0.3, -0.25) is 34.0 Å². The summed E-state index contributed by atoms with van der Waals surface area (Å²) in [6, 6.07) is 7.64. The van der Waals surface area contributed by atoms with Crippen molar-refractivity contribution < 1.29 is 37.2 Å². The van der Waals surface area contributed by atoms with Crippen LogP contribution in [0.25, 0.3) is 10.9 Å². The number of carbonyl (C=O) groups is 2. The molecule has 0 atom stereocenters. The lowest BCUT2D eigenvalue weighted by Gasteiger charge is -2.21. The highest BCUT2D eigenvalue weighted by molar-refractivity contribution is 6.21. The number of fused-ring (bicyclic) bond motifs is 2. The number of halogens is 3. The maximum absolute atomic E-state index is 13.9. The molecule has 176 valence electrons. The van der Waals surface area contributed by atoms with E-state index in [1.807, 2.05) is 0 Å². The second-order valence-corrected chi connectivity index (χ2v) is 7.16. The summed E-state index contributed by atoms with van der Waals surface area (Å²) >= 11 is 0. The van der Waals surface area contributed by atoms with E-state index in [1.54, 1.807) is 0 Å². The molecule has 1 aromatic heterocycles. The fourth-order valence-corrected chi connectivity index (χ4v) is 3.87. The summed E-state index contributed by atoms with van der Waals surface area (Å²) < 4.78 is 52.5. The molecule has 10 nitrogen and oxygen atoms in total. The van der Waals surface area contributed by atoms with Gasteiger partial charge >= 0.3 is 17.4 Å². The zero-order chi connectivity index (χ0) is 24.9. The third-order valence-electron chi connectivity index (χ3n) is 5.37.